The van der Waals surface area contributed by atoms with Crippen LogP contribution < -0.4 is 10.6 Å². The van der Waals surface area contributed by atoms with Crippen LogP contribution in [0.25, 0.3) is 0 Å². The van der Waals surface area contributed by atoms with Gasteiger partial charge in [0.15, 0.2) is 0 Å². The molecule has 0 saturated heterocycles. The lowest BCUT2D eigenvalue weighted by Crippen LogP contribution is -2.32. The molecule has 1 aromatic rings. The van der Waals surface area contributed by atoms with Gasteiger partial charge in [0.2, 0.25) is 0 Å². The van der Waals surface area contributed by atoms with Gasteiger partial charge in [0.25, 0.3) is 0 Å². The number of nitrogens with one attached hydrogen (secondary N) is 2. The van der Waals surface area contributed by atoms with Crippen molar-refractivity contribution in [1.29, 1.82) is 0 Å². The fourth-order valence-electron chi connectivity index (χ4n) is 2.02. The third kappa shape index (κ3) is 9.24. The van der Waals surface area contributed by atoms with Gasteiger partial charge in [0, 0.05) is 0 Å². The third-order valence-electron chi connectivity index (χ3n) is 3.05. The summed E-state index contributed by atoms with van der Waals surface area (Å²) in [5.74, 6) is -0.492. The molecule has 2 N–H and O–H groups in total. The molecule has 28 heavy (non-hydrogen) atoms. The van der Waals surface area contributed by atoms with Gasteiger partial charge in [-0.3, -0.25) is 9.48 Å². The van der Waals surface area contributed by atoms with Gasteiger partial charge >= 0.3 is 18.2 Å². The molecule has 2 amide bonds. The average molecular weight is 398 g/mol. The molecule has 1 heterocycles. The third-order valence-corrected chi connectivity index (χ3v) is 3.05. The van der Waals surface area contributed by atoms with Crippen LogP contribution in [0, 0.1) is 0 Å². The Morgan fingerprint density at radius 2 is 1.46 bits per heavy atom. The molecular formula is C18H30N4O6. The van der Waals surface area contributed by atoms with Gasteiger partial charge in [-0.05, 0) is 47.6 Å². The first kappa shape index (κ1) is 23.3. The van der Waals surface area contributed by atoms with Crippen molar-refractivity contribution in [3.63, 3.8) is 0 Å². The molecule has 1 aromatic heterocycles. The zero-order valence-electron chi connectivity index (χ0n) is 17.5. The Balaban J connectivity index is 2.79. The molecule has 158 valence electrons. The van der Waals surface area contributed by atoms with Crippen LogP contribution in [0.5, 0.6) is 0 Å². The number of alkyl carbamates (subject to hydrolysis) is 2. The molecule has 0 atom stereocenters. The van der Waals surface area contributed by atoms with Crippen molar-refractivity contribution in [3.8, 4) is 0 Å². The fourth-order valence-corrected chi connectivity index (χ4v) is 2.02. The van der Waals surface area contributed by atoms with Crippen molar-refractivity contribution >= 4 is 18.2 Å². The standard InChI is InChI=1S/C18H30N4O6/c1-17(2,3)27-15(24)19-9-12-8-13(22(21-12)11-14(23)26-7)10-20-16(25)28-18(4,5)6/h8H,9-11H2,1-7H3,(H,19,24)(H,20,25). The van der Waals surface area contributed by atoms with Crippen LogP contribution in [0.1, 0.15) is 52.9 Å². The van der Waals surface area contributed by atoms with Gasteiger partial charge in [-0.25, -0.2) is 9.59 Å². The van der Waals surface area contributed by atoms with Crippen molar-refractivity contribution in [3.05, 3.63) is 17.5 Å². The summed E-state index contributed by atoms with van der Waals surface area (Å²) in [4.78, 5) is 35.2. The van der Waals surface area contributed by atoms with E-state index >= 15 is 0 Å². The topological polar surface area (TPSA) is 121 Å². The first-order valence-electron chi connectivity index (χ1n) is 8.85. The van der Waals surface area contributed by atoms with Crippen LogP contribution in [-0.4, -0.2) is 46.2 Å². The van der Waals surface area contributed by atoms with Crippen molar-refractivity contribution in [2.45, 2.75) is 72.4 Å². The van der Waals surface area contributed by atoms with Crippen molar-refractivity contribution in [2.24, 2.45) is 0 Å². The number of esters is 1. The second kappa shape index (κ2) is 9.43. The molecule has 0 unspecified atom stereocenters. The van der Waals surface area contributed by atoms with Gasteiger partial charge in [-0.1, -0.05) is 0 Å². The van der Waals surface area contributed by atoms with Crippen molar-refractivity contribution < 1.29 is 28.6 Å². The highest BCUT2D eigenvalue weighted by molar-refractivity contribution is 5.69. The van der Waals surface area contributed by atoms with E-state index in [4.69, 9.17) is 9.47 Å². The largest absolute Gasteiger partial charge is 0.468 e. The van der Waals surface area contributed by atoms with E-state index in [1.807, 2.05) is 0 Å². The van der Waals surface area contributed by atoms with E-state index in [1.165, 1.54) is 11.8 Å². The lowest BCUT2D eigenvalue weighted by atomic mass is 10.2. The molecular weight excluding hydrogens is 368 g/mol. The Morgan fingerprint density at radius 3 is 1.93 bits per heavy atom. The predicted molar refractivity (Wildman–Crippen MR) is 100 cm³/mol. The van der Waals surface area contributed by atoms with Gasteiger partial charge in [0.1, 0.15) is 17.7 Å². The molecule has 10 heteroatoms. The minimum Gasteiger partial charge on any atom is -0.468 e. The van der Waals surface area contributed by atoms with Crippen molar-refractivity contribution in [1.82, 2.24) is 20.4 Å². The normalized spacial score (nSPS) is 11.5. The Labute approximate surface area is 164 Å². The van der Waals surface area contributed by atoms with E-state index in [-0.39, 0.29) is 19.6 Å². The molecule has 0 aliphatic rings. The predicted octanol–water partition coefficient (Wildman–Crippen LogP) is 2.11. The lowest BCUT2D eigenvalue weighted by molar-refractivity contribution is -0.141. The quantitative estimate of drug-likeness (QED) is 0.556. The molecule has 0 spiro atoms. The first-order chi connectivity index (χ1) is 12.8. The summed E-state index contributed by atoms with van der Waals surface area (Å²) < 4.78 is 16.4. The number of hydrogen-bond donors (Lipinski definition) is 2. The van der Waals surface area contributed by atoms with Gasteiger partial charge in [0.05, 0.1) is 31.6 Å². The molecule has 0 bridgehead atoms. The maximum Gasteiger partial charge on any atom is 0.407 e. The number of hydrogen-bond acceptors (Lipinski definition) is 7. The van der Waals surface area contributed by atoms with Crippen LogP contribution in [0.4, 0.5) is 9.59 Å². The van der Waals surface area contributed by atoms with Gasteiger partial charge in [-0.2, -0.15) is 5.10 Å². The summed E-state index contributed by atoms with van der Waals surface area (Å²) in [6, 6.07) is 1.66. The number of carbonyl (C=O) groups excluding carboxylic acids is 3. The van der Waals surface area contributed by atoms with Gasteiger partial charge in [-0.15, -0.1) is 0 Å². The molecule has 10 nitrogen and oxygen atoms in total. The first-order valence-corrected chi connectivity index (χ1v) is 8.85. The van der Waals surface area contributed by atoms with Crippen LogP contribution in [-0.2, 0) is 38.6 Å². The highest BCUT2D eigenvalue weighted by atomic mass is 16.6. The van der Waals surface area contributed by atoms with Crippen LogP contribution in [0.3, 0.4) is 0 Å². The summed E-state index contributed by atoms with van der Waals surface area (Å²) >= 11 is 0. The molecule has 1 rings (SSSR count). The number of amides is 2. The number of ether oxygens (including phenoxy) is 3. The number of carbonyl (C=O) groups is 3. The lowest BCUT2D eigenvalue weighted by Gasteiger charge is -2.19. The summed E-state index contributed by atoms with van der Waals surface area (Å²) in [7, 11) is 1.27. The Bertz CT molecular complexity index is 700. The zero-order valence-corrected chi connectivity index (χ0v) is 17.5. The summed E-state index contributed by atoms with van der Waals surface area (Å²) in [5.41, 5.74) is -0.191. The molecule has 0 aliphatic carbocycles. The Morgan fingerprint density at radius 1 is 0.964 bits per heavy atom. The summed E-state index contributed by atoms with van der Waals surface area (Å²) in [6.45, 7) is 10.6. The van der Waals surface area contributed by atoms with Crippen LogP contribution in [0.2, 0.25) is 0 Å². The number of rotatable bonds is 6. The smallest absolute Gasteiger partial charge is 0.407 e. The van der Waals surface area contributed by atoms with Gasteiger partial charge < -0.3 is 24.8 Å². The zero-order chi connectivity index (χ0) is 21.5. The highest BCUT2D eigenvalue weighted by Gasteiger charge is 2.19. The fraction of sp³-hybridized carbons (Fsp3) is 0.667. The molecule has 0 fully saturated rings. The SMILES string of the molecule is COC(=O)Cn1nc(CNC(=O)OC(C)(C)C)cc1CNC(=O)OC(C)(C)C. The second-order valence-corrected chi connectivity index (χ2v) is 8.07. The van der Waals surface area contributed by atoms with Crippen LogP contribution >= 0.6 is 0 Å². The summed E-state index contributed by atoms with van der Waals surface area (Å²) in [6.07, 6.45) is -1.17. The Kier molecular flexibility index (Phi) is 7.83. The molecule has 0 radical (unpaired) electrons. The number of nitrogens with zero attached hydrogens (tertiary/aromatic N) is 2. The van der Waals surface area contributed by atoms with Crippen LogP contribution in [0.15, 0.2) is 6.07 Å². The van der Waals surface area contributed by atoms with E-state index < -0.39 is 29.4 Å². The van der Waals surface area contributed by atoms with E-state index in [1.54, 1.807) is 47.6 Å². The van der Waals surface area contributed by atoms with E-state index in [0.29, 0.717) is 11.4 Å². The molecule has 0 aliphatic heterocycles. The highest BCUT2D eigenvalue weighted by Crippen LogP contribution is 2.10. The van der Waals surface area contributed by atoms with E-state index in [9.17, 15) is 14.4 Å². The molecule has 0 aromatic carbocycles. The maximum absolute atomic E-state index is 11.8. The number of aromatic nitrogens is 2. The van der Waals surface area contributed by atoms with E-state index in [2.05, 4.69) is 20.5 Å². The monoisotopic (exact) mass is 398 g/mol. The minimum atomic E-state index is -0.626. The van der Waals surface area contributed by atoms with E-state index in [0.717, 1.165) is 0 Å². The summed E-state index contributed by atoms with van der Waals surface area (Å²) in [5, 5.41) is 9.48. The minimum absolute atomic E-state index is 0.0886. The molecule has 0 saturated carbocycles. The van der Waals surface area contributed by atoms with Crippen molar-refractivity contribution in [2.75, 3.05) is 7.11 Å². The Hall–Kier alpha value is -2.78. The number of methoxy groups -OCH3 is 1. The maximum atomic E-state index is 11.8. The second-order valence-electron chi connectivity index (χ2n) is 8.07. The average Bonchev–Trinajstić information content (AvgIpc) is 2.89.